The first kappa shape index (κ1) is 25.7. The number of amides is 1. The molecule has 1 unspecified atom stereocenters. The number of carbonyl (C=O) groups excluding carboxylic acids is 1. The van der Waals surface area contributed by atoms with Crippen LogP contribution in [0.4, 0.5) is 0 Å². The third kappa shape index (κ3) is 9.46. The predicted molar refractivity (Wildman–Crippen MR) is 118 cm³/mol. The highest BCUT2D eigenvalue weighted by atomic mass is 35.5. The maximum atomic E-state index is 12.1. The zero-order valence-electron chi connectivity index (χ0n) is 17.2. The van der Waals surface area contributed by atoms with Crippen LogP contribution in [0, 0.1) is 5.92 Å². The van der Waals surface area contributed by atoms with Gasteiger partial charge in [0.1, 0.15) is 0 Å². The fourth-order valence-electron chi connectivity index (χ4n) is 2.37. The number of allylic oxidation sites excluding steroid dienone is 1. The Kier molecular flexibility index (Phi) is 11.6. The van der Waals surface area contributed by atoms with Crippen LogP contribution in [0.5, 0.6) is 0 Å². The molecule has 3 nitrogen and oxygen atoms in total. The molecule has 1 rings (SSSR count). The Morgan fingerprint density at radius 2 is 1.85 bits per heavy atom. The second-order valence-corrected chi connectivity index (χ2v) is 8.03. The average Bonchev–Trinajstić information content (AvgIpc) is 2.57. The van der Waals surface area contributed by atoms with E-state index in [1.54, 1.807) is 37.0 Å². The summed E-state index contributed by atoms with van der Waals surface area (Å²) in [7, 11) is 1.83. The molecule has 0 saturated carbocycles. The molecule has 27 heavy (non-hydrogen) atoms. The smallest absolute Gasteiger partial charge is 0.225 e. The summed E-state index contributed by atoms with van der Waals surface area (Å²) in [4.78, 5) is 13.9. The van der Waals surface area contributed by atoms with Gasteiger partial charge >= 0.3 is 0 Å². The lowest BCUT2D eigenvalue weighted by atomic mass is 9.97. The van der Waals surface area contributed by atoms with Crippen LogP contribution in [-0.2, 0) is 11.2 Å². The molecule has 5 heteroatoms. The van der Waals surface area contributed by atoms with Gasteiger partial charge in [0.2, 0.25) is 5.91 Å². The lowest BCUT2D eigenvalue weighted by Gasteiger charge is -2.21. The number of hydrogen-bond acceptors (Lipinski definition) is 2. The van der Waals surface area contributed by atoms with E-state index in [0.717, 1.165) is 24.1 Å². The summed E-state index contributed by atoms with van der Waals surface area (Å²) in [6.07, 6.45) is 3.96. The Labute approximate surface area is 174 Å². The minimum atomic E-state index is -0.756. The molecule has 1 atom stereocenters. The third-order valence-electron chi connectivity index (χ3n) is 4.18. The van der Waals surface area contributed by atoms with E-state index in [2.05, 4.69) is 20.1 Å². The van der Waals surface area contributed by atoms with Gasteiger partial charge in [0.25, 0.3) is 0 Å². The van der Waals surface area contributed by atoms with Gasteiger partial charge in [-0.15, -0.1) is 6.58 Å². The van der Waals surface area contributed by atoms with Gasteiger partial charge < -0.3 is 10.0 Å². The summed E-state index contributed by atoms with van der Waals surface area (Å²) in [6, 6.07) is 5.41. The molecular weight excluding hydrogens is 381 g/mol. The molecule has 1 amide bonds. The summed E-state index contributed by atoms with van der Waals surface area (Å²) in [5, 5.41) is 10.5. The number of rotatable bonds is 8. The molecule has 0 aliphatic rings. The molecule has 0 aromatic heterocycles. The van der Waals surface area contributed by atoms with Crippen LogP contribution in [0.2, 0.25) is 10.0 Å². The third-order valence-corrected chi connectivity index (χ3v) is 4.89. The minimum absolute atomic E-state index is 0.112. The van der Waals surface area contributed by atoms with E-state index in [0.29, 0.717) is 22.9 Å². The van der Waals surface area contributed by atoms with Gasteiger partial charge in [-0.3, -0.25) is 4.79 Å². The Morgan fingerprint density at radius 3 is 2.22 bits per heavy atom. The van der Waals surface area contributed by atoms with Gasteiger partial charge in [-0.25, -0.2) is 0 Å². The van der Waals surface area contributed by atoms with Crippen molar-refractivity contribution in [1.29, 1.82) is 0 Å². The van der Waals surface area contributed by atoms with E-state index in [9.17, 15) is 9.90 Å². The van der Waals surface area contributed by atoms with Crippen LogP contribution < -0.4 is 0 Å². The van der Waals surface area contributed by atoms with Crippen molar-refractivity contribution in [2.24, 2.45) is 5.92 Å². The molecule has 1 N–H and O–H groups in total. The molecule has 0 aliphatic carbocycles. The van der Waals surface area contributed by atoms with Crippen molar-refractivity contribution in [3.8, 4) is 0 Å². The molecule has 1 aromatic carbocycles. The lowest BCUT2D eigenvalue weighted by molar-refractivity contribution is -0.133. The average molecular weight is 414 g/mol. The SMILES string of the molecule is C=CCC(=C)C(C)(C)O.CCCN(C)C(=O)C(C)Cc1c(Cl)cccc1Cl. The number of carbonyl (C=O) groups is 1. The summed E-state index contributed by atoms with van der Waals surface area (Å²) >= 11 is 12.2. The summed E-state index contributed by atoms with van der Waals surface area (Å²) < 4.78 is 0. The van der Waals surface area contributed by atoms with Gasteiger partial charge in [0.05, 0.1) is 5.60 Å². The number of halogens is 2. The van der Waals surface area contributed by atoms with Crippen molar-refractivity contribution >= 4 is 29.1 Å². The van der Waals surface area contributed by atoms with E-state index in [4.69, 9.17) is 23.2 Å². The van der Waals surface area contributed by atoms with Crippen molar-refractivity contribution in [1.82, 2.24) is 4.90 Å². The van der Waals surface area contributed by atoms with Gasteiger partial charge in [-0.1, -0.05) is 55.8 Å². The maximum absolute atomic E-state index is 12.1. The molecule has 0 aliphatic heterocycles. The molecule has 0 bridgehead atoms. The molecular formula is C22H33Cl2NO2. The van der Waals surface area contributed by atoms with Crippen molar-refractivity contribution in [3.63, 3.8) is 0 Å². The van der Waals surface area contributed by atoms with E-state index in [1.807, 2.05) is 20.0 Å². The van der Waals surface area contributed by atoms with Crippen LogP contribution in [0.25, 0.3) is 0 Å². The summed E-state index contributed by atoms with van der Waals surface area (Å²) in [6.45, 7) is 15.4. The first-order valence-corrected chi connectivity index (χ1v) is 9.90. The Hall–Kier alpha value is -1.29. The number of aliphatic hydroxyl groups is 1. The lowest BCUT2D eigenvalue weighted by Crippen LogP contribution is -2.33. The van der Waals surface area contributed by atoms with E-state index in [-0.39, 0.29) is 11.8 Å². The molecule has 1 aromatic rings. The molecule has 0 spiro atoms. The fraction of sp³-hybridized carbons (Fsp3) is 0.500. The van der Waals surface area contributed by atoms with E-state index < -0.39 is 5.60 Å². The first-order chi connectivity index (χ1) is 12.4. The number of nitrogens with zero attached hydrogens (tertiary/aromatic N) is 1. The second-order valence-electron chi connectivity index (χ2n) is 7.22. The van der Waals surface area contributed by atoms with Crippen LogP contribution in [0.1, 0.15) is 46.1 Å². The molecule has 152 valence electrons. The topological polar surface area (TPSA) is 40.5 Å². The van der Waals surface area contributed by atoms with Crippen LogP contribution in [0.15, 0.2) is 43.0 Å². The predicted octanol–water partition coefficient (Wildman–Crippen LogP) is 5.93. The van der Waals surface area contributed by atoms with Crippen LogP contribution >= 0.6 is 23.2 Å². The standard InChI is InChI=1S/C14H19Cl2NO.C8H14O/c1-4-8-17(3)14(18)10(2)9-11-12(15)6-5-7-13(11)16;1-5-6-7(2)8(3,4)9/h5-7,10H,4,8-9H2,1-3H3;5,9H,1-2,6H2,3-4H3. The van der Waals surface area contributed by atoms with Gasteiger partial charge in [-0.05, 0) is 56.4 Å². The second kappa shape index (κ2) is 12.2. The van der Waals surface area contributed by atoms with Gasteiger partial charge in [0.15, 0.2) is 0 Å². The highest BCUT2D eigenvalue weighted by Gasteiger charge is 2.19. The summed E-state index contributed by atoms with van der Waals surface area (Å²) in [5.41, 5.74) is 0.901. The Morgan fingerprint density at radius 1 is 1.33 bits per heavy atom. The van der Waals surface area contributed by atoms with Crippen molar-refractivity contribution in [3.05, 3.63) is 58.6 Å². The molecule has 0 heterocycles. The minimum Gasteiger partial charge on any atom is -0.386 e. The van der Waals surface area contributed by atoms with Gasteiger partial charge in [-0.2, -0.15) is 0 Å². The number of benzene rings is 1. The highest BCUT2D eigenvalue weighted by molar-refractivity contribution is 6.36. The first-order valence-electron chi connectivity index (χ1n) is 9.15. The zero-order valence-corrected chi connectivity index (χ0v) is 18.7. The fourth-order valence-corrected chi connectivity index (χ4v) is 2.92. The van der Waals surface area contributed by atoms with Crippen molar-refractivity contribution in [2.45, 2.75) is 52.6 Å². The normalized spacial score (nSPS) is 11.9. The Balaban J connectivity index is 0.000000636. The zero-order chi connectivity index (χ0) is 21.2. The molecule has 0 fully saturated rings. The van der Waals surface area contributed by atoms with Crippen molar-refractivity contribution < 1.29 is 9.90 Å². The highest BCUT2D eigenvalue weighted by Crippen LogP contribution is 2.27. The quantitative estimate of drug-likeness (QED) is 0.536. The Bertz CT molecular complexity index is 615. The van der Waals surface area contributed by atoms with E-state index in [1.165, 1.54) is 0 Å². The molecule has 0 radical (unpaired) electrons. The van der Waals surface area contributed by atoms with Crippen LogP contribution in [-0.4, -0.2) is 35.1 Å². The van der Waals surface area contributed by atoms with Crippen molar-refractivity contribution in [2.75, 3.05) is 13.6 Å². The molecule has 0 saturated heterocycles. The largest absolute Gasteiger partial charge is 0.386 e. The van der Waals surface area contributed by atoms with Crippen LogP contribution in [0.3, 0.4) is 0 Å². The van der Waals surface area contributed by atoms with E-state index >= 15 is 0 Å². The maximum Gasteiger partial charge on any atom is 0.225 e. The summed E-state index contributed by atoms with van der Waals surface area (Å²) in [5.74, 6) is 0.0202. The number of hydrogen-bond donors (Lipinski definition) is 1. The monoisotopic (exact) mass is 413 g/mol. The van der Waals surface area contributed by atoms with Gasteiger partial charge in [0, 0.05) is 29.6 Å².